The van der Waals surface area contributed by atoms with Gasteiger partial charge in [-0.25, -0.2) is 8.42 Å². The van der Waals surface area contributed by atoms with Crippen molar-refractivity contribution in [3.8, 4) is 0 Å². The Labute approximate surface area is 165 Å². The third kappa shape index (κ3) is 4.18. The first-order valence-corrected chi connectivity index (χ1v) is 10.3. The van der Waals surface area contributed by atoms with Gasteiger partial charge in [-0.05, 0) is 50.2 Å². The normalized spacial score (nSPS) is 12.2. The van der Waals surface area contributed by atoms with Crippen LogP contribution < -0.4 is 0 Å². The molecule has 0 saturated heterocycles. The molecule has 0 unspecified atom stereocenters. The quantitative estimate of drug-likeness (QED) is 0.583. The Morgan fingerprint density at radius 1 is 0.964 bits per heavy atom. The summed E-state index contributed by atoms with van der Waals surface area (Å²) < 4.78 is 28.9. The van der Waals surface area contributed by atoms with Crippen LogP contribution in [0.4, 0.5) is 11.4 Å². The minimum absolute atomic E-state index is 0.216. The SMILES string of the molecule is Cc1nn(C)c(C)c1CN(C)S(=O)(=O)c1ccc(N=Nc2ccccc2)cc1. The molecule has 7 nitrogen and oxygen atoms in total. The third-order valence-electron chi connectivity index (χ3n) is 4.62. The van der Waals surface area contributed by atoms with E-state index >= 15 is 0 Å². The maximum atomic E-state index is 12.9. The molecule has 146 valence electrons. The molecule has 0 bridgehead atoms. The van der Waals surface area contributed by atoms with Gasteiger partial charge in [0.1, 0.15) is 0 Å². The Morgan fingerprint density at radius 3 is 2.07 bits per heavy atom. The minimum Gasteiger partial charge on any atom is -0.272 e. The summed E-state index contributed by atoms with van der Waals surface area (Å²) in [5.41, 5.74) is 4.03. The van der Waals surface area contributed by atoms with E-state index in [4.69, 9.17) is 0 Å². The molecule has 0 aliphatic heterocycles. The van der Waals surface area contributed by atoms with Gasteiger partial charge in [0, 0.05) is 31.9 Å². The Kier molecular flexibility index (Phi) is 5.71. The van der Waals surface area contributed by atoms with E-state index in [0.717, 1.165) is 22.6 Å². The van der Waals surface area contributed by atoms with Gasteiger partial charge in [-0.15, -0.1) is 0 Å². The van der Waals surface area contributed by atoms with Crippen molar-refractivity contribution in [1.82, 2.24) is 14.1 Å². The Balaban J connectivity index is 1.77. The van der Waals surface area contributed by atoms with Crippen LogP contribution in [0.25, 0.3) is 0 Å². The largest absolute Gasteiger partial charge is 0.272 e. The van der Waals surface area contributed by atoms with E-state index in [1.165, 1.54) is 4.31 Å². The monoisotopic (exact) mass is 397 g/mol. The fraction of sp³-hybridized carbons (Fsp3) is 0.250. The number of aromatic nitrogens is 2. The molecule has 0 fully saturated rings. The van der Waals surface area contributed by atoms with E-state index in [9.17, 15) is 8.42 Å². The second-order valence-electron chi connectivity index (χ2n) is 6.56. The predicted octanol–water partition coefficient (Wildman–Crippen LogP) is 4.27. The van der Waals surface area contributed by atoms with Crippen LogP contribution in [0.5, 0.6) is 0 Å². The summed E-state index contributed by atoms with van der Waals surface area (Å²) in [6.45, 7) is 4.08. The number of sulfonamides is 1. The van der Waals surface area contributed by atoms with Crippen molar-refractivity contribution < 1.29 is 8.42 Å². The van der Waals surface area contributed by atoms with Crippen LogP contribution in [0.2, 0.25) is 0 Å². The summed E-state index contributed by atoms with van der Waals surface area (Å²) in [6.07, 6.45) is 0. The van der Waals surface area contributed by atoms with Crippen molar-refractivity contribution in [3.05, 3.63) is 71.5 Å². The molecule has 1 aromatic heterocycles. The van der Waals surface area contributed by atoms with E-state index in [2.05, 4.69) is 15.3 Å². The molecule has 28 heavy (non-hydrogen) atoms. The molecule has 3 rings (SSSR count). The lowest BCUT2D eigenvalue weighted by Gasteiger charge is -2.17. The van der Waals surface area contributed by atoms with E-state index in [-0.39, 0.29) is 11.4 Å². The first-order chi connectivity index (χ1) is 13.3. The van der Waals surface area contributed by atoms with Gasteiger partial charge >= 0.3 is 0 Å². The zero-order chi connectivity index (χ0) is 20.3. The minimum atomic E-state index is -3.62. The van der Waals surface area contributed by atoms with Crippen LogP contribution in [-0.4, -0.2) is 29.6 Å². The van der Waals surface area contributed by atoms with Crippen LogP contribution in [0, 0.1) is 13.8 Å². The molecule has 0 N–H and O–H groups in total. The molecular weight excluding hydrogens is 374 g/mol. The first-order valence-electron chi connectivity index (χ1n) is 8.81. The van der Waals surface area contributed by atoms with Crippen molar-refractivity contribution in [1.29, 1.82) is 0 Å². The van der Waals surface area contributed by atoms with Crippen LogP contribution in [0.3, 0.4) is 0 Å². The van der Waals surface area contributed by atoms with Gasteiger partial charge in [0.05, 0.1) is 22.0 Å². The number of hydrogen-bond acceptors (Lipinski definition) is 5. The van der Waals surface area contributed by atoms with Gasteiger partial charge in [-0.1, -0.05) is 18.2 Å². The number of hydrogen-bond donors (Lipinski definition) is 0. The van der Waals surface area contributed by atoms with Crippen LogP contribution >= 0.6 is 0 Å². The summed E-state index contributed by atoms with van der Waals surface area (Å²) in [5.74, 6) is 0. The summed E-state index contributed by atoms with van der Waals surface area (Å²) in [4.78, 5) is 0.216. The molecule has 0 spiro atoms. The second-order valence-corrected chi connectivity index (χ2v) is 8.61. The molecular formula is C20H23N5O2S. The van der Waals surface area contributed by atoms with Crippen LogP contribution in [0.15, 0.2) is 69.7 Å². The molecule has 0 amide bonds. The highest BCUT2D eigenvalue weighted by atomic mass is 32.2. The zero-order valence-corrected chi connectivity index (χ0v) is 17.2. The number of benzene rings is 2. The Bertz CT molecular complexity index is 1090. The molecule has 8 heteroatoms. The van der Waals surface area contributed by atoms with Crippen molar-refractivity contribution in [2.24, 2.45) is 17.3 Å². The molecule has 1 heterocycles. The average Bonchev–Trinajstić information content (AvgIpc) is 2.93. The molecule has 0 radical (unpaired) electrons. The zero-order valence-electron chi connectivity index (χ0n) is 16.4. The molecule has 2 aromatic carbocycles. The Morgan fingerprint density at radius 2 is 1.54 bits per heavy atom. The predicted molar refractivity (Wildman–Crippen MR) is 108 cm³/mol. The smallest absolute Gasteiger partial charge is 0.243 e. The maximum Gasteiger partial charge on any atom is 0.243 e. The summed E-state index contributed by atoms with van der Waals surface area (Å²) >= 11 is 0. The molecule has 0 aliphatic rings. The lowest BCUT2D eigenvalue weighted by molar-refractivity contribution is 0.465. The van der Waals surface area contributed by atoms with Gasteiger partial charge in [0.25, 0.3) is 0 Å². The van der Waals surface area contributed by atoms with Crippen molar-refractivity contribution in [3.63, 3.8) is 0 Å². The summed E-state index contributed by atoms with van der Waals surface area (Å²) in [7, 11) is -0.197. The van der Waals surface area contributed by atoms with E-state index in [1.807, 2.05) is 51.2 Å². The standard InChI is InChI=1S/C20H23N5O2S/c1-15-20(16(2)25(4)23-15)14-24(3)28(26,27)19-12-10-18(11-13-19)22-21-17-8-6-5-7-9-17/h5-13H,14H2,1-4H3. The van der Waals surface area contributed by atoms with Crippen molar-refractivity contribution >= 4 is 21.4 Å². The van der Waals surface area contributed by atoms with E-state index < -0.39 is 10.0 Å². The lowest BCUT2D eigenvalue weighted by Crippen LogP contribution is -2.27. The topological polar surface area (TPSA) is 79.9 Å². The number of nitrogens with zero attached hydrogens (tertiary/aromatic N) is 5. The molecule has 0 atom stereocenters. The van der Waals surface area contributed by atoms with Gasteiger partial charge in [-0.3, -0.25) is 4.68 Å². The van der Waals surface area contributed by atoms with Gasteiger partial charge in [-0.2, -0.15) is 19.6 Å². The number of rotatable bonds is 6. The van der Waals surface area contributed by atoms with E-state index in [0.29, 0.717) is 5.69 Å². The van der Waals surface area contributed by atoms with Gasteiger partial charge in [0.15, 0.2) is 0 Å². The van der Waals surface area contributed by atoms with Crippen molar-refractivity contribution in [2.45, 2.75) is 25.3 Å². The molecule has 0 saturated carbocycles. The highest BCUT2D eigenvalue weighted by Gasteiger charge is 2.23. The number of azo groups is 1. The first kappa shape index (κ1) is 19.9. The summed E-state index contributed by atoms with van der Waals surface area (Å²) in [5, 5.41) is 12.6. The maximum absolute atomic E-state index is 12.9. The van der Waals surface area contributed by atoms with Gasteiger partial charge in [0.2, 0.25) is 10.0 Å². The third-order valence-corrected chi connectivity index (χ3v) is 6.44. The fourth-order valence-corrected chi connectivity index (χ4v) is 3.97. The van der Waals surface area contributed by atoms with Crippen LogP contribution in [-0.2, 0) is 23.6 Å². The second kappa shape index (κ2) is 8.04. The molecule has 0 aliphatic carbocycles. The Hall–Kier alpha value is -2.84. The van der Waals surface area contributed by atoms with Crippen molar-refractivity contribution in [2.75, 3.05) is 7.05 Å². The lowest BCUT2D eigenvalue weighted by atomic mass is 10.2. The molecule has 3 aromatic rings. The summed E-state index contributed by atoms with van der Waals surface area (Å²) in [6, 6.07) is 15.8. The average molecular weight is 398 g/mol. The highest BCUT2D eigenvalue weighted by molar-refractivity contribution is 7.89. The number of aryl methyl sites for hydroxylation is 2. The highest BCUT2D eigenvalue weighted by Crippen LogP contribution is 2.23. The van der Waals surface area contributed by atoms with Crippen LogP contribution in [0.1, 0.15) is 17.0 Å². The van der Waals surface area contributed by atoms with Gasteiger partial charge < -0.3 is 0 Å². The van der Waals surface area contributed by atoms with E-state index in [1.54, 1.807) is 36.0 Å². The fourth-order valence-electron chi connectivity index (χ4n) is 2.83.